The van der Waals surface area contributed by atoms with Crippen LogP contribution < -0.4 is 10.6 Å². The average Bonchev–Trinajstić information content (AvgIpc) is 2.91. The number of ether oxygens (including phenoxy) is 2. The molecule has 0 saturated carbocycles. The first-order valence-electron chi connectivity index (χ1n) is 11.6. The quantitative estimate of drug-likeness (QED) is 0.352. The van der Waals surface area contributed by atoms with E-state index in [0.29, 0.717) is 11.5 Å². The molecule has 0 aliphatic rings. The highest BCUT2D eigenvalue weighted by Gasteiger charge is 2.26. The van der Waals surface area contributed by atoms with Crippen LogP contribution in [0.25, 0.3) is 0 Å². The first kappa shape index (κ1) is 26.8. The van der Waals surface area contributed by atoms with Crippen LogP contribution >= 0.6 is 11.8 Å². The Morgan fingerprint density at radius 2 is 1.22 bits per heavy atom. The third-order valence-electron chi connectivity index (χ3n) is 5.15. The van der Waals surface area contributed by atoms with E-state index in [9.17, 15) is 14.4 Å². The number of alkyl carbamates (subject to hydrolysis) is 1. The van der Waals surface area contributed by atoms with Gasteiger partial charge in [0.05, 0.1) is 0 Å². The summed E-state index contributed by atoms with van der Waals surface area (Å²) in [5.41, 5.74) is 2.79. The van der Waals surface area contributed by atoms with Gasteiger partial charge in [-0.25, -0.2) is 9.59 Å². The summed E-state index contributed by atoms with van der Waals surface area (Å²) in [6.07, 6.45) is -0.710. The number of hydrogen-bond donors (Lipinski definition) is 2. The number of benzene rings is 3. The van der Waals surface area contributed by atoms with Gasteiger partial charge in [0.2, 0.25) is 5.91 Å². The number of esters is 1. The molecule has 8 heteroatoms. The van der Waals surface area contributed by atoms with Crippen molar-refractivity contribution in [1.82, 2.24) is 10.6 Å². The summed E-state index contributed by atoms with van der Waals surface area (Å²) < 4.78 is 10.6. The molecule has 0 saturated heterocycles. The molecular weight excluding hydrogens is 476 g/mol. The highest BCUT2D eigenvalue weighted by atomic mass is 32.2. The number of carbonyl (C=O) groups excluding carboxylic acids is 3. The van der Waals surface area contributed by atoms with E-state index in [2.05, 4.69) is 10.6 Å². The number of nitrogens with one attached hydrogen (secondary N) is 2. The third kappa shape index (κ3) is 9.46. The van der Waals surface area contributed by atoms with Gasteiger partial charge in [0.25, 0.3) is 0 Å². The van der Waals surface area contributed by atoms with Gasteiger partial charge in [0, 0.05) is 11.5 Å². The summed E-state index contributed by atoms with van der Waals surface area (Å²) in [5.74, 6) is -0.0848. The molecule has 0 unspecified atom stereocenters. The molecule has 0 aromatic heterocycles. The van der Waals surface area contributed by atoms with Gasteiger partial charge in [-0.1, -0.05) is 91.0 Å². The molecule has 3 aromatic carbocycles. The molecule has 2 amide bonds. The monoisotopic (exact) mass is 506 g/mol. The molecule has 188 valence electrons. The lowest BCUT2D eigenvalue weighted by atomic mass is 10.2. The summed E-state index contributed by atoms with van der Waals surface area (Å²) in [4.78, 5) is 37.8. The SMILES string of the molecule is C[C@@H](NC(=O)[C@@H](CSCc1ccccc1)NC(=O)OCc1ccccc1)C(=O)OCc1ccccc1. The van der Waals surface area contributed by atoms with E-state index in [1.807, 2.05) is 91.0 Å². The Labute approximate surface area is 215 Å². The van der Waals surface area contributed by atoms with E-state index in [4.69, 9.17) is 9.47 Å². The van der Waals surface area contributed by atoms with Gasteiger partial charge in [0.1, 0.15) is 25.3 Å². The minimum absolute atomic E-state index is 0.0837. The van der Waals surface area contributed by atoms with Gasteiger partial charge in [-0.05, 0) is 23.6 Å². The first-order chi connectivity index (χ1) is 17.5. The fraction of sp³-hybridized carbons (Fsp3) is 0.250. The first-order valence-corrected chi connectivity index (χ1v) is 12.8. The van der Waals surface area contributed by atoms with Crippen LogP contribution in [0.3, 0.4) is 0 Å². The van der Waals surface area contributed by atoms with Crippen molar-refractivity contribution in [2.75, 3.05) is 5.75 Å². The van der Waals surface area contributed by atoms with Crippen molar-refractivity contribution in [2.24, 2.45) is 0 Å². The zero-order valence-corrected chi connectivity index (χ0v) is 20.9. The van der Waals surface area contributed by atoms with E-state index >= 15 is 0 Å². The summed E-state index contributed by atoms with van der Waals surface area (Å²) in [7, 11) is 0. The Morgan fingerprint density at radius 3 is 1.78 bits per heavy atom. The Bertz CT molecular complexity index is 1100. The van der Waals surface area contributed by atoms with Crippen LogP contribution in [0.4, 0.5) is 4.79 Å². The van der Waals surface area contributed by atoms with E-state index in [1.165, 1.54) is 11.8 Å². The molecule has 0 fully saturated rings. The zero-order valence-electron chi connectivity index (χ0n) is 20.1. The number of thioether (sulfide) groups is 1. The van der Waals surface area contributed by atoms with Crippen molar-refractivity contribution in [3.8, 4) is 0 Å². The van der Waals surface area contributed by atoms with Gasteiger partial charge in [0.15, 0.2) is 0 Å². The maximum absolute atomic E-state index is 13.0. The van der Waals surface area contributed by atoms with E-state index in [0.717, 1.165) is 16.7 Å². The number of hydrogen-bond acceptors (Lipinski definition) is 6. The standard InChI is InChI=1S/C28H30N2O5S/c1-21(27(32)34-17-22-11-5-2-6-12-22)29-26(31)25(20-36-19-24-15-9-4-10-16-24)30-28(33)35-18-23-13-7-3-8-14-23/h2-16,21,25H,17-20H2,1H3,(H,29,31)(H,30,33)/t21-,25-/m1/s1. The lowest BCUT2D eigenvalue weighted by Crippen LogP contribution is -2.52. The number of rotatable bonds is 12. The summed E-state index contributed by atoms with van der Waals surface area (Å²) >= 11 is 1.49. The maximum Gasteiger partial charge on any atom is 0.408 e. The Hall–Kier alpha value is -3.78. The Kier molecular flexibility index (Phi) is 10.9. The fourth-order valence-corrected chi connectivity index (χ4v) is 4.20. The van der Waals surface area contributed by atoms with E-state index in [-0.39, 0.29) is 13.2 Å². The molecule has 0 aliphatic carbocycles. The second-order valence-corrected chi connectivity index (χ2v) is 9.11. The molecule has 3 aromatic rings. The maximum atomic E-state index is 13.0. The van der Waals surface area contributed by atoms with Crippen LogP contribution in [0.15, 0.2) is 91.0 Å². The van der Waals surface area contributed by atoms with Crippen molar-refractivity contribution < 1.29 is 23.9 Å². The minimum atomic E-state index is -0.897. The fourth-order valence-electron chi connectivity index (χ4n) is 3.19. The number of carbonyl (C=O) groups is 3. The summed E-state index contributed by atoms with van der Waals surface area (Å²) in [5, 5.41) is 5.28. The van der Waals surface area contributed by atoms with Crippen molar-refractivity contribution in [3.63, 3.8) is 0 Å². The Balaban J connectivity index is 1.54. The highest BCUT2D eigenvalue weighted by molar-refractivity contribution is 7.98. The molecule has 0 heterocycles. The molecule has 3 rings (SSSR count). The van der Waals surface area contributed by atoms with E-state index < -0.39 is 30.1 Å². The smallest absolute Gasteiger partial charge is 0.408 e. The molecule has 0 spiro atoms. The van der Waals surface area contributed by atoms with Crippen LogP contribution in [0.5, 0.6) is 0 Å². The van der Waals surface area contributed by atoms with Crippen molar-refractivity contribution in [3.05, 3.63) is 108 Å². The van der Waals surface area contributed by atoms with Crippen LogP contribution in [0.2, 0.25) is 0 Å². The van der Waals surface area contributed by atoms with Crippen LogP contribution in [-0.2, 0) is 38.0 Å². The average molecular weight is 507 g/mol. The third-order valence-corrected chi connectivity index (χ3v) is 6.26. The summed E-state index contributed by atoms with van der Waals surface area (Å²) in [6, 6.07) is 26.6. The van der Waals surface area contributed by atoms with Crippen LogP contribution in [0, 0.1) is 0 Å². The van der Waals surface area contributed by atoms with Gasteiger partial charge in [-0.2, -0.15) is 11.8 Å². The molecule has 36 heavy (non-hydrogen) atoms. The zero-order chi connectivity index (χ0) is 25.6. The topological polar surface area (TPSA) is 93.7 Å². The second kappa shape index (κ2) is 14.6. The molecule has 0 aliphatic heterocycles. The van der Waals surface area contributed by atoms with Crippen molar-refractivity contribution in [1.29, 1.82) is 0 Å². The molecule has 0 bridgehead atoms. The summed E-state index contributed by atoms with van der Waals surface area (Å²) in [6.45, 7) is 1.74. The van der Waals surface area contributed by atoms with Gasteiger partial charge in [-0.3, -0.25) is 4.79 Å². The second-order valence-electron chi connectivity index (χ2n) is 8.08. The van der Waals surface area contributed by atoms with Gasteiger partial charge >= 0.3 is 12.1 Å². The minimum Gasteiger partial charge on any atom is -0.459 e. The lowest BCUT2D eigenvalue weighted by molar-refractivity contribution is -0.148. The molecular formula is C28H30N2O5S. The van der Waals surface area contributed by atoms with Crippen molar-refractivity contribution in [2.45, 2.75) is 38.0 Å². The van der Waals surface area contributed by atoms with Crippen LogP contribution in [0.1, 0.15) is 23.6 Å². The van der Waals surface area contributed by atoms with E-state index in [1.54, 1.807) is 6.92 Å². The molecule has 0 radical (unpaired) electrons. The van der Waals surface area contributed by atoms with Gasteiger partial charge in [-0.15, -0.1) is 0 Å². The molecule has 7 nitrogen and oxygen atoms in total. The lowest BCUT2D eigenvalue weighted by Gasteiger charge is -2.20. The Morgan fingerprint density at radius 1 is 0.722 bits per heavy atom. The largest absolute Gasteiger partial charge is 0.459 e. The van der Waals surface area contributed by atoms with Crippen molar-refractivity contribution >= 4 is 29.7 Å². The normalized spacial score (nSPS) is 12.1. The molecule has 2 atom stereocenters. The van der Waals surface area contributed by atoms with Crippen LogP contribution in [-0.4, -0.2) is 35.8 Å². The predicted octanol–water partition coefficient (Wildman–Crippen LogP) is 4.46. The predicted molar refractivity (Wildman–Crippen MR) is 140 cm³/mol. The number of amides is 2. The van der Waals surface area contributed by atoms with Gasteiger partial charge < -0.3 is 20.1 Å². The highest BCUT2D eigenvalue weighted by Crippen LogP contribution is 2.13. The molecule has 2 N–H and O–H groups in total.